The van der Waals surface area contributed by atoms with Gasteiger partial charge in [0.25, 0.3) is 0 Å². The Kier molecular flexibility index (Phi) is 3.59. The van der Waals surface area contributed by atoms with Gasteiger partial charge in [0.1, 0.15) is 0 Å². The Bertz CT molecular complexity index is 761. The summed E-state index contributed by atoms with van der Waals surface area (Å²) in [6, 6.07) is 14.9. The smallest absolute Gasteiger partial charge is 0.363 e. The molecule has 0 spiro atoms. The molecule has 0 aromatic heterocycles. The number of aliphatic imine (C=N–C) groups is 1. The van der Waals surface area contributed by atoms with Crippen molar-refractivity contribution in [3.8, 4) is 0 Å². The van der Waals surface area contributed by atoms with E-state index in [1.165, 1.54) is 0 Å². The van der Waals surface area contributed by atoms with Crippen LogP contribution in [0.3, 0.4) is 0 Å². The summed E-state index contributed by atoms with van der Waals surface area (Å²) in [5.74, 6) is -0.149. The third kappa shape index (κ3) is 2.88. The summed E-state index contributed by atoms with van der Waals surface area (Å²) in [7, 11) is 0. The standard InChI is InChI=1S/C17H12ClNO2/c1-11-6-8-12(9-7-11)16-19-15(17(20)21-16)10-13-4-2-3-5-14(13)18/h2-10H,1H3. The highest BCUT2D eigenvalue weighted by Crippen LogP contribution is 2.23. The maximum Gasteiger partial charge on any atom is 0.363 e. The molecule has 0 saturated carbocycles. The molecule has 1 heterocycles. The summed E-state index contributed by atoms with van der Waals surface area (Å²) in [4.78, 5) is 16.1. The molecule has 0 fully saturated rings. The van der Waals surface area contributed by atoms with Gasteiger partial charge in [0.15, 0.2) is 5.70 Å². The number of carbonyl (C=O) groups is 1. The molecule has 0 atom stereocenters. The first kappa shape index (κ1) is 13.6. The zero-order valence-electron chi connectivity index (χ0n) is 11.3. The van der Waals surface area contributed by atoms with E-state index in [1.54, 1.807) is 12.1 Å². The average Bonchev–Trinajstić information content (AvgIpc) is 2.83. The minimum atomic E-state index is -0.467. The van der Waals surface area contributed by atoms with E-state index in [2.05, 4.69) is 4.99 Å². The SMILES string of the molecule is Cc1ccc(C2=NC(=Cc3ccccc3Cl)C(=O)O2)cc1. The lowest BCUT2D eigenvalue weighted by molar-refractivity contribution is -0.129. The van der Waals surface area contributed by atoms with Crippen molar-refractivity contribution >= 4 is 29.5 Å². The highest BCUT2D eigenvalue weighted by Gasteiger charge is 2.24. The van der Waals surface area contributed by atoms with Gasteiger partial charge in [0.2, 0.25) is 5.90 Å². The van der Waals surface area contributed by atoms with Gasteiger partial charge in [-0.25, -0.2) is 9.79 Å². The summed E-state index contributed by atoms with van der Waals surface area (Å²) >= 11 is 6.08. The van der Waals surface area contributed by atoms with Crippen LogP contribution in [-0.2, 0) is 9.53 Å². The maximum absolute atomic E-state index is 11.9. The number of ether oxygens (including phenoxy) is 1. The number of nitrogens with zero attached hydrogens (tertiary/aromatic N) is 1. The van der Waals surface area contributed by atoms with Crippen molar-refractivity contribution in [3.63, 3.8) is 0 Å². The number of halogens is 1. The van der Waals surface area contributed by atoms with Gasteiger partial charge in [-0.15, -0.1) is 0 Å². The van der Waals surface area contributed by atoms with Crippen LogP contribution in [0.4, 0.5) is 0 Å². The molecule has 1 aliphatic heterocycles. The quantitative estimate of drug-likeness (QED) is 0.621. The van der Waals surface area contributed by atoms with Crippen LogP contribution in [0, 0.1) is 6.92 Å². The molecule has 104 valence electrons. The van der Waals surface area contributed by atoms with E-state index in [0.717, 1.165) is 16.7 Å². The summed E-state index contributed by atoms with van der Waals surface area (Å²) < 4.78 is 5.21. The lowest BCUT2D eigenvalue weighted by Crippen LogP contribution is -2.05. The second-order valence-electron chi connectivity index (χ2n) is 4.72. The van der Waals surface area contributed by atoms with Crippen LogP contribution in [0.1, 0.15) is 16.7 Å². The molecule has 2 aromatic rings. The molecule has 0 aliphatic carbocycles. The third-order valence-corrected chi connectivity index (χ3v) is 3.46. The molecule has 21 heavy (non-hydrogen) atoms. The Morgan fingerprint density at radius 3 is 2.52 bits per heavy atom. The molecule has 3 rings (SSSR count). The first-order valence-electron chi connectivity index (χ1n) is 6.47. The van der Waals surface area contributed by atoms with Crippen molar-refractivity contribution < 1.29 is 9.53 Å². The molecular weight excluding hydrogens is 286 g/mol. The van der Waals surface area contributed by atoms with E-state index in [1.807, 2.05) is 49.4 Å². The summed E-state index contributed by atoms with van der Waals surface area (Å²) in [5.41, 5.74) is 2.89. The van der Waals surface area contributed by atoms with Crippen LogP contribution in [0.5, 0.6) is 0 Å². The third-order valence-electron chi connectivity index (χ3n) is 3.12. The lowest BCUT2D eigenvalue weighted by Gasteiger charge is -1.99. The van der Waals surface area contributed by atoms with Gasteiger partial charge in [-0.2, -0.15) is 0 Å². The molecule has 0 N–H and O–H groups in total. The topological polar surface area (TPSA) is 38.7 Å². The second-order valence-corrected chi connectivity index (χ2v) is 5.13. The van der Waals surface area contributed by atoms with E-state index in [4.69, 9.17) is 16.3 Å². The molecule has 2 aromatic carbocycles. The van der Waals surface area contributed by atoms with Gasteiger partial charge in [-0.05, 0) is 36.8 Å². The number of hydrogen-bond donors (Lipinski definition) is 0. The molecule has 0 bridgehead atoms. The minimum Gasteiger partial charge on any atom is -0.402 e. The van der Waals surface area contributed by atoms with E-state index in [-0.39, 0.29) is 5.70 Å². The fourth-order valence-electron chi connectivity index (χ4n) is 1.97. The van der Waals surface area contributed by atoms with Gasteiger partial charge >= 0.3 is 5.97 Å². The predicted octanol–water partition coefficient (Wildman–Crippen LogP) is 3.99. The second kappa shape index (κ2) is 5.54. The number of aryl methyl sites for hydroxylation is 1. The van der Waals surface area contributed by atoms with Crippen LogP contribution < -0.4 is 0 Å². The number of rotatable bonds is 2. The first-order chi connectivity index (χ1) is 10.1. The number of cyclic esters (lactones) is 1. The Labute approximate surface area is 127 Å². The zero-order valence-corrected chi connectivity index (χ0v) is 12.1. The van der Waals surface area contributed by atoms with Crippen molar-refractivity contribution in [2.45, 2.75) is 6.92 Å². The van der Waals surface area contributed by atoms with Crippen molar-refractivity contribution in [2.75, 3.05) is 0 Å². The molecule has 3 nitrogen and oxygen atoms in total. The van der Waals surface area contributed by atoms with Crippen molar-refractivity contribution in [3.05, 3.63) is 75.9 Å². The van der Waals surface area contributed by atoms with Gasteiger partial charge in [0, 0.05) is 10.6 Å². The van der Waals surface area contributed by atoms with E-state index in [0.29, 0.717) is 10.9 Å². The molecule has 0 unspecified atom stereocenters. The highest BCUT2D eigenvalue weighted by atomic mass is 35.5. The Hall–Kier alpha value is -2.39. The minimum absolute atomic E-state index is 0.249. The van der Waals surface area contributed by atoms with E-state index >= 15 is 0 Å². The molecule has 4 heteroatoms. The number of benzene rings is 2. The summed E-state index contributed by atoms with van der Waals surface area (Å²) in [6.45, 7) is 2.00. The predicted molar refractivity (Wildman–Crippen MR) is 83.2 cm³/mol. The molecule has 0 radical (unpaired) electrons. The van der Waals surface area contributed by atoms with Crippen LogP contribution in [0.2, 0.25) is 5.02 Å². The van der Waals surface area contributed by atoms with Crippen LogP contribution in [0.25, 0.3) is 6.08 Å². The van der Waals surface area contributed by atoms with E-state index in [9.17, 15) is 4.79 Å². The average molecular weight is 298 g/mol. The first-order valence-corrected chi connectivity index (χ1v) is 6.85. The van der Waals surface area contributed by atoms with Crippen molar-refractivity contribution in [2.24, 2.45) is 4.99 Å². The van der Waals surface area contributed by atoms with Crippen LogP contribution in [-0.4, -0.2) is 11.9 Å². The van der Waals surface area contributed by atoms with Crippen molar-refractivity contribution in [1.29, 1.82) is 0 Å². The van der Waals surface area contributed by atoms with Gasteiger partial charge in [-0.3, -0.25) is 0 Å². The fourth-order valence-corrected chi connectivity index (χ4v) is 2.16. The summed E-state index contributed by atoms with van der Waals surface area (Å²) in [5, 5.41) is 0.566. The molecular formula is C17H12ClNO2. The lowest BCUT2D eigenvalue weighted by atomic mass is 10.1. The highest BCUT2D eigenvalue weighted by molar-refractivity contribution is 6.32. The molecule has 0 saturated heterocycles. The van der Waals surface area contributed by atoms with Crippen LogP contribution in [0.15, 0.2) is 59.2 Å². The number of hydrogen-bond acceptors (Lipinski definition) is 3. The number of esters is 1. The molecule has 1 aliphatic rings. The Balaban J connectivity index is 1.96. The summed E-state index contributed by atoms with van der Waals surface area (Å²) in [6.07, 6.45) is 1.63. The van der Waals surface area contributed by atoms with Crippen LogP contribution >= 0.6 is 11.6 Å². The Morgan fingerprint density at radius 2 is 1.81 bits per heavy atom. The van der Waals surface area contributed by atoms with Gasteiger partial charge in [0.05, 0.1) is 0 Å². The van der Waals surface area contributed by atoms with Crippen molar-refractivity contribution in [1.82, 2.24) is 0 Å². The molecule has 0 amide bonds. The zero-order chi connectivity index (χ0) is 14.8. The van der Waals surface area contributed by atoms with Gasteiger partial charge < -0.3 is 4.74 Å². The monoisotopic (exact) mass is 297 g/mol. The van der Waals surface area contributed by atoms with E-state index < -0.39 is 5.97 Å². The Morgan fingerprint density at radius 1 is 1.10 bits per heavy atom. The van der Waals surface area contributed by atoms with Gasteiger partial charge in [-0.1, -0.05) is 47.5 Å². The normalized spacial score (nSPS) is 16.0. The maximum atomic E-state index is 11.9. The largest absolute Gasteiger partial charge is 0.402 e. The number of carbonyl (C=O) groups excluding carboxylic acids is 1. The fraction of sp³-hybridized carbons (Fsp3) is 0.0588.